The van der Waals surface area contributed by atoms with Gasteiger partial charge in [-0.2, -0.15) is 0 Å². The highest BCUT2D eigenvalue weighted by Gasteiger charge is 1.93. The number of nitrogens with two attached hydrogens (primary N) is 1. The standard InChI is InChI=1S/C11H11N/c1-3-4-5-10-6-7-11(12)8-9(10)2/h3,6-8H,1,12H2,2H3. The summed E-state index contributed by atoms with van der Waals surface area (Å²) in [7, 11) is 0. The maximum absolute atomic E-state index is 5.59. The predicted molar refractivity (Wildman–Crippen MR) is 52.7 cm³/mol. The van der Waals surface area contributed by atoms with Gasteiger partial charge in [0.05, 0.1) is 0 Å². The van der Waals surface area contributed by atoms with E-state index >= 15 is 0 Å². The van der Waals surface area contributed by atoms with Crippen molar-refractivity contribution >= 4 is 5.69 Å². The summed E-state index contributed by atoms with van der Waals surface area (Å²) in [5, 5.41) is 0. The summed E-state index contributed by atoms with van der Waals surface area (Å²) < 4.78 is 0. The van der Waals surface area contributed by atoms with Crippen LogP contribution in [0.3, 0.4) is 0 Å². The summed E-state index contributed by atoms with van der Waals surface area (Å²) in [5.41, 5.74) is 8.47. The summed E-state index contributed by atoms with van der Waals surface area (Å²) in [4.78, 5) is 0. The normalized spacial score (nSPS) is 8.42. The van der Waals surface area contributed by atoms with Crippen molar-refractivity contribution in [3.05, 3.63) is 42.0 Å². The highest BCUT2D eigenvalue weighted by Crippen LogP contribution is 2.10. The molecule has 1 aromatic carbocycles. The van der Waals surface area contributed by atoms with Crippen LogP contribution in [0.5, 0.6) is 0 Å². The molecule has 0 heterocycles. The molecule has 0 atom stereocenters. The van der Waals surface area contributed by atoms with Gasteiger partial charge in [-0.25, -0.2) is 0 Å². The lowest BCUT2D eigenvalue weighted by atomic mass is 10.1. The zero-order valence-corrected chi connectivity index (χ0v) is 7.09. The number of rotatable bonds is 0. The highest BCUT2D eigenvalue weighted by atomic mass is 14.5. The molecule has 0 saturated heterocycles. The van der Waals surface area contributed by atoms with Crippen LogP contribution < -0.4 is 5.73 Å². The Labute approximate surface area is 72.9 Å². The van der Waals surface area contributed by atoms with Crippen LogP contribution in [0.15, 0.2) is 30.9 Å². The van der Waals surface area contributed by atoms with Crippen LogP contribution in [0.1, 0.15) is 11.1 Å². The Balaban J connectivity index is 3.09. The molecule has 0 unspecified atom stereocenters. The second kappa shape index (κ2) is 3.64. The van der Waals surface area contributed by atoms with E-state index < -0.39 is 0 Å². The lowest BCUT2D eigenvalue weighted by Gasteiger charge is -1.98. The zero-order valence-electron chi connectivity index (χ0n) is 7.09. The molecular weight excluding hydrogens is 146 g/mol. The van der Waals surface area contributed by atoms with Gasteiger partial charge < -0.3 is 5.73 Å². The Kier molecular flexibility index (Phi) is 2.55. The summed E-state index contributed by atoms with van der Waals surface area (Å²) in [6.07, 6.45) is 1.58. The number of nitrogen functional groups attached to an aromatic ring is 1. The molecule has 0 fully saturated rings. The lowest BCUT2D eigenvalue weighted by Crippen LogP contribution is -1.87. The van der Waals surface area contributed by atoms with E-state index in [1.54, 1.807) is 6.08 Å². The van der Waals surface area contributed by atoms with Crippen LogP contribution in [0, 0.1) is 18.8 Å². The first-order valence-electron chi connectivity index (χ1n) is 3.72. The third kappa shape index (κ3) is 1.90. The van der Waals surface area contributed by atoms with Crippen LogP contribution >= 0.6 is 0 Å². The van der Waals surface area contributed by atoms with Gasteiger partial charge >= 0.3 is 0 Å². The van der Waals surface area contributed by atoms with Crippen molar-refractivity contribution in [2.75, 3.05) is 5.73 Å². The average molecular weight is 157 g/mol. The van der Waals surface area contributed by atoms with Gasteiger partial charge in [-0.1, -0.05) is 18.4 Å². The van der Waals surface area contributed by atoms with E-state index in [9.17, 15) is 0 Å². The number of allylic oxidation sites excluding steroid dienone is 1. The SMILES string of the molecule is C=CC#Cc1ccc(N)cc1C. The molecule has 0 aliphatic heterocycles. The molecule has 0 radical (unpaired) electrons. The Hall–Kier alpha value is -1.68. The number of aryl methyl sites for hydroxylation is 1. The first-order valence-corrected chi connectivity index (χ1v) is 3.72. The second-order valence-electron chi connectivity index (χ2n) is 2.55. The molecule has 0 aliphatic rings. The van der Waals surface area contributed by atoms with Gasteiger partial charge in [-0.3, -0.25) is 0 Å². The van der Waals surface area contributed by atoms with Crippen molar-refractivity contribution in [1.29, 1.82) is 0 Å². The van der Waals surface area contributed by atoms with E-state index in [0.29, 0.717) is 0 Å². The van der Waals surface area contributed by atoms with E-state index in [2.05, 4.69) is 18.4 Å². The fourth-order valence-corrected chi connectivity index (χ4v) is 0.956. The van der Waals surface area contributed by atoms with Gasteiger partial charge in [0.1, 0.15) is 0 Å². The van der Waals surface area contributed by atoms with Crippen LogP contribution in [0.4, 0.5) is 5.69 Å². The maximum Gasteiger partial charge on any atom is 0.0317 e. The number of hydrogen-bond donors (Lipinski definition) is 1. The molecule has 0 amide bonds. The van der Waals surface area contributed by atoms with E-state index in [4.69, 9.17) is 5.73 Å². The summed E-state index contributed by atoms with van der Waals surface area (Å²) >= 11 is 0. The third-order valence-corrected chi connectivity index (χ3v) is 1.56. The summed E-state index contributed by atoms with van der Waals surface area (Å²) in [5.74, 6) is 5.76. The van der Waals surface area contributed by atoms with Gasteiger partial charge in [0.25, 0.3) is 0 Å². The molecule has 1 heteroatoms. The summed E-state index contributed by atoms with van der Waals surface area (Å²) in [6, 6.07) is 5.67. The second-order valence-corrected chi connectivity index (χ2v) is 2.55. The predicted octanol–water partition coefficient (Wildman–Crippen LogP) is 2.11. The average Bonchev–Trinajstić information content (AvgIpc) is 2.03. The minimum atomic E-state index is 0.775. The fraction of sp³-hybridized carbons (Fsp3) is 0.0909. The van der Waals surface area contributed by atoms with E-state index in [0.717, 1.165) is 16.8 Å². The quantitative estimate of drug-likeness (QED) is 0.453. The first-order chi connectivity index (χ1) is 5.74. The zero-order chi connectivity index (χ0) is 8.97. The maximum atomic E-state index is 5.59. The molecule has 1 aromatic rings. The van der Waals surface area contributed by atoms with Gasteiger partial charge in [0.2, 0.25) is 0 Å². The van der Waals surface area contributed by atoms with Crippen molar-refractivity contribution in [3.8, 4) is 11.8 Å². The van der Waals surface area contributed by atoms with Gasteiger partial charge in [-0.05, 0) is 36.8 Å². The van der Waals surface area contributed by atoms with Crippen molar-refractivity contribution in [3.63, 3.8) is 0 Å². The number of benzene rings is 1. The minimum Gasteiger partial charge on any atom is -0.399 e. The third-order valence-electron chi connectivity index (χ3n) is 1.56. The van der Waals surface area contributed by atoms with Crippen LogP contribution in [0.2, 0.25) is 0 Å². The van der Waals surface area contributed by atoms with Crippen molar-refractivity contribution in [1.82, 2.24) is 0 Å². The monoisotopic (exact) mass is 157 g/mol. The molecule has 1 nitrogen and oxygen atoms in total. The molecule has 0 aliphatic carbocycles. The molecule has 60 valence electrons. The van der Waals surface area contributed by atoms with Gasteiger partial charge in [-0.15, -0.1) is 0 Å². The van der Waals surface area contributed by atoms with Gasteiger partial charge in [0, 0.05) is 11.3 Å². The smallest absolute Gasteiger partial charge is 0.0317 e. The molecule has 0 aromatic heterocycles. The Morgan fingerprint density at radius 1 is 1.50 bits per heavy atom. The molecule has 0 saturated carbocycles. The molecular formula is C11H11N. The lowest BCUT2D eigenvalue weighted by molar-refractivity contribution is 1.44. The Morgan fingerprint density at radius 3 is 2.83 bits per heavy atom. The largest absolute Gasteiger partial charge is 0.399 e. The van der Waals surface area contributed by atoms with Crippen LogP contribution in [0.25, 0.3) is 0 Å². The van der Waals surface area contributed by atoms with Crippen molar-refractivity contribution < 1.29 is 0 Å². The fourth-order valence-electron chi connectivity index (χ4n) is 0.956. The summed E-state index contributed by atoms with van der Waals surface area (Å²) in [6.45, 7) is 5.51. The van der Waals surface area contributed by atoms with E-state index in [1.165, 1.54) is 0 Å². The van der Waals surface area contributed by atoms with E-state index in [-0.39, 0.29) is 0 Å². The molecule has 0 bridgehead atoms. The van der Waals surface area contributed by atoms with Crippen molar-refractivity contribution in [2.24, 2.45) is 0 Å². The Morgan fingerprint density at radius 2 is 2.25 bits per heavy atom. The topological polar surface area (TPSA) is 26.0 Å². The number of anilines is 1. The number of hydrogen-bond acceptors (Lipinski definition) is 1. The van der Waals surface area contributed by atoms with Gasteiger partial charge in [0.15, 0.2) is 0 Å². The van der Waals surface area contributed by atoms with Crippen LogP contribution in [-0.4, -0.2) is 0 Å². The minimum absolute atomic E-state index is 0.775. The van der Waals surface area contributed by atoms with E-state index in [1.807, 2.05) is 25.1 Å². The highest BCUT2D eigenvalue weighted by molar-refractivity contribution is 5.50. The Bertz CT molecular complexity index is 353. The van der Waals surface area contributed by atoms with Crippen molar-refractivity contribution in [2.45, 2.75) is 6.92 Å². The molecule has 2 N–H and O–H groups in total. The first kappa shape index (κ1) is 8.42. The molecule has 12 heavy (non-hydrogen) atoms. The molecule has 0 spiro atoms. The molecule has 1 rings (SSSR count). The van der Waals surface area contributed by atoms with Crippen LogP contribution in [-0.2, 0) is 0 Å².